The Morgan fingerprint density at radius 3 is 2.83 bits per heavy atom. The highest BCUT2D eigenvalue weighted by Crippen LogP contribution is 2.35. The second-order valence-corrected chi connectivity index (χ2v) is 6.62. The highest BCUT2D eigenvalue weighted by molar-refractivity contribution is 7.09. The predicted octanol–water partition coefficient (Wildman–Crippen LogP) is 4.46. The van der Waals surface area contributed by atoms with E-state index in [2.05, 4.69) is 4.98 Å². The van der Waals surface area contributed by atoms with Gasteiger partial charge in [0.15, 0.2) is 0 Å². The molecule has 2 heterocycles. The molecule has 1 aliphatic rings. The number of anilines is 1. The van der Waals surface area contributed by atoms with E-state index in [1.54, 1.807) is 6.08 Å². The van der Waals surface area contributed by atoms with Gasteiger partial charge in [-0.3, -0.25) is 4.79 Å². The number of aromatic nitrogens is 1. The van der Waals surface area contributed by atoms with E-state index < -0.39 is 11.7 Å². The number of rotatable bonds is 2. The minimum absolute atomic E-state index is 0.249. The van der Waals surface area contributed by atoms with Crippen LogP contribution in [0.4, 0.5) is 18.9 Å². The molecule has 7 heteroatoms. The van der Waals surface area contributed by atoms with Crippen LogP contribution >= 0.6 is 11.3 Å². The summed E-state index contributed by atoms with van der Waals surface area (Å²) in [6, 6.07) is 3.55. The van der Waals surface area contributed by atoms with Gasteiger partial charge in [-0.05, 0) is 49.6 Å². The number of carbonyl (C=O) groups excluding carboxylic acids is 1. The molecular formula is C17H15F3N2OS. The van der Waals surface area contributed by atoms with E-state index in [1.807, 2.05) is 12.3 Å². The van der Waals surface area contributed by atoms with Crippen LogP contribution in [0.15, 0.2) is 29.7 Å². The Balaban J connectivity index is 1.83. The Hall–Kier alpha value is -2.15. The summed E-state index contributed by atoms with van der Waals surface area (Å²) in [4.78, 5) is 18.2. The summed E-state index contributed by atoms with van der Waals surface area (Å²) in [6.45, 7) is 2.38. The average molecular weight is 352 g/mol. The molecule has 3 nitrogen and oxygen atoms in total. The lowest BCUT2D eigenvalue weighted by atomic mass is 9.99. The number of alkyl halides is 3. The van der Waals surface area contributed by atoms with E-state index in [4.69, 9.17) is 0 Å². The third kappa shape index (κ3) is 3.51. The van der Waals surface area contributed by atoms with E-state index >= 15 is 0 Å². The van der Waals surface area contributed by atoms with Crippen LogP contribution in [-0.2, 0) is 17.4 Å². The van der Waals surface area contributed by atoms with Crippen molar-refractivity contribution in [2.75, 3.05) is 11.4 Å². The quantitative estimate of drug-likeness (QED) is 0.748. The third-order valence-corrected chi connectivity index (χ3v) is 4.62. The molecule has 1 aliphatic heterocycles. The molecule has 0 bridgehead atoms. The molecule has 1 aromatic carbocycles. The van der Waals surface area contributed by atoms with Crippen LogP contribution in [0.5, 0.6) is 0 Å². The maximum absolute atomic E-state index is 12.8. The number of hydrogen-bond donors (Lipinski definition) is 0. The molecule has 2 aromatic rings. The summed E-state index contributed by atoms with van der Waals surface area (Å²) >= 11 is 1.49. The number of hydrogen-bond acceptors (Lipinski definition) is 3. The average Bonchev–Trinajstić information content (AvgIpc) is 2.96. The molecular weight excluding hydrogens is 337 g/mol. The number of thiazole rings is 1. The van der Waals surface area contributed by atoms with E-state index in [-0.39, 0.29) is 5.91 Å². The summed E-state index contributed by atoms with van der Waals surface area (Å²) in [7, 11) is 0. The highest BCUT2D eigenvalue weighted by atomic mass is 32.1. The highest BCUT2D eigenvalue weighted by Gasteiger charge is 2.32. The second kappa shape index (κ2) is 6.39. The van der Waals surface area contributed by atoms with Crippen LogP contribution in [0, 0.1) is 6.92 Å². The Kier molecular flexibility index (Phi) is 4.45. The van der Waals surface area contributed by atoms with Gasteiger partial charge in [-0.15, -0.1) is 11.3 Å². The molecule has 0 spiro atoms. The van der Waals surface area contributed by atoms with E-state index in [9.17, 15) is 18.0 Å². The minimum Gasteiger partial charge on any atom is -0.309 e. The lowest BCUT2D eigenvalue weighted by molar-refractivity contribution is -0.137. The zero-order valence-corrected chi connectivity index (χ0v) is 13.7. The smallest absolute Gasteiger partial charge is 0.309 e. The van der Waals surface area contributed by atoms with Gasteiger partial charge in [0.25, 0.3) is 5.91 Å². The zero-order valence-electron chi connectivity index (χ0n) is 12.9. The van der Waals surface area contributed by atoms with Crippen molar-refractivity contribution in [2.24, 2.45) is 0 Å². The molecule has 24 heavy (non-hydrogen) atoms. The molecule has 0 N–H and O–H groups in total. The first-order valence-corrected chi connectivity index (χ1v) is 8.34. The summed E-state index contributed by atoms with van der Waals surface area (Å²) in [5, 5.41) is 2.75. The number of benzene rings is 1. The summed E-state index contributed by atoms with van der Waals surface area (Å²) in [5.41, 5.74) is 1.14. The van der Waals surface area contributed by atoms with Crippen LogP contribution in [0.1, 0.15) is 28.2 Å². The van der Waals surface area contributed by atoms with Crippen molar-refractivity contribution in [3.8, 4) is 0 Å². The number of nitrogens with zero attached hydrogens (tertiary/aromatic N) is 2. The molecule has 0 aliphatic carbocycles. The van der Waals surface area contributed by atoms with Crippen molar-refractivity contribution in [1.82, 2.24) is 4.98 Å². The first-order chi connectivity index (χ1) is 11.3. The fourth-order valence-corrected chi connectivity index (χ4v) is 3.29. The molecule has 126 valence electrons. The van der Waals surface area contributed by atoms with E-state index in [1.165, 1.54) is 28.4 Å². The molecule has 0 saturated heterocycles. The van der Waals surface area contributed by atoms with Crippen molar-refractivity contribution in [2.45, 2.75) is 25.9 Å². The first-order valence-electron chi connectivity index (χ1n) is 7.46. The van der Waals surface area contributed by atoms with Crippen LogP contribution < -0.4 is 4.90 Å². The van der Waals surface area contributed by atoms with Crippen molar-refractivity contribution < 1.29 is 18.0 Å². The summed E-state index contributed by atoms with van der Waals surface area (Å²) in [5.74, 6) is -0.249. The lowest BCUT2D eigenvalue weighted by Gasteiger charge is -2.29. The second-order valence-electron chi connectivity index (χ2n) is 5.56. The minimum atomic E-state index is -4.37. The van der Waals surface area contributed by atoms with Gasteiger partial charge in [-0.25, -0.2) is 4.98 Å². The van der Waals surface area contributed by atoms with Gasteiger partial charge in [0.05, 0.1) is 16.3 Å². The van der Waals surface area contributed by atoms with Crippen molar-refractivity contribution in [3.63, 3.8) is 0 Å². The number of carbonyl (C=O) groups is 1. The largest absolute Gasteiger partial charge is 0.416 e. The van der Waals surface area contributed by atoms with Crippen LogP contribution in [-0.4, -0.2) is 17.4 Å². The van der Waals surface area contributed by atoms with Gasteiger partial charge < -0.3 is 4.90 Å². The first kappa shape index (κ1) is 16.7. The van der Waals surface area contributed by atoms with Crippen molar-refractivity contribution in [1.29, 1.82) is 0 Å². The SMILES string of the molecule is Cc1nc(C=CC(=O)N2CCCc3cc(C(F)(F)F)ccc32)cs1. The Labute approximate surface area is 141 Å². The number of aryl methyl sites for hydroxylation is 2. The van der Waals surface area contributed by atoms with E-state index in [0.717, 1.165) is 17.1 Å². The lowest BCUT2D eigenvalue weighted by Crippen LogP contribution is -2.34. The maximum Gasteiger partial charge on any atom is 0.416 e. The number of amides is 1. The molecule has 1 amide bonds. The van der Waals surface area contributed by atoms with Gasteiger partial charge in [0, 0.05) is 23.7 Å². The monoisotopic (exact) mass is 352 g/mol. The maximum atomic E-state index is 12.8. The third-order valence-electron chi connectivity index (χ3n) is 3.82. The predicted molar refractivity (Wildman–Crippen MR) is 88.0 cm³/mol. The van der Waals surface area contributed by atoms with E-state index in [0.29, 0.717) is 36.3 Å². The van der Waals surface area contributed by atoms with Gasteiger partial charge >= 0.3 is 6.18 Å². The molecule has 0 unspecified atom stereocenters. The summed E-state index contributed by atoms with van der Waals surface area (Å²) < 4.78 is 38.5. The van der Waals surface area contributed by atoms with Crippen LogP contribution in [0.3, 0.4) is 0 Å². The Morgan fingerprint density at radius 1 is 1.38 bits per heavy atom. The number of fused-ring (bicyclic) bond motifs is 1. The zero-order chi connectivity index (χ0) is 17.3. The molecule has 1 aromatic heterocycles. The van der Waals surface area contributed by atoms with Crippen LogP contribution in [0.25, 0.3) is 6.08 Å². The standard InChI is InChI=1S/C17H15F3N2OS/c1-11-21-14(10-24-11)5-7-16(23)22-8-2-3-12-9-13(17(18,19)20)4-6-15(12)22/h4-7,9-10H,2-3,8H2,1H3. The van der Waals surface area contributed by atoms with Crippen molar-refractivity contribution in [3.05, 3.63) is 51.5 Å². The molecule has 0 atom stereocenters. The normalized spacial score (nSPS) is 14.9. The van der Waals surface area contributed by atoms with Gasteiger partial charge in [0.1, 0.15) is 0 Å². The summed E-state index contributed by atoms with van der Waals surface area (Å²) in [6.07, 6.45) is -0.142. The molecule has 3 rings (SSSR count). The van der Waals surface area contributed by atoms with Gasteiger partial charge in [-0.1, -0.05) is 0 Å². The number of halogens is 3. The molecule has 0 saturated carbocycles. The van der Waals surface area contributed by atoms with Crippen LogP contribution in [0.2, 0.25) is 0 Å². The van der Waals surface area contributed by atoms with Crippen molar-refractivity contribution >= 4 is 29.0 Å². The molecule has 0 fully saturated rings. The fraction of sp³-hybridized carbons (Fsp3) is 0.294. The Bertz CT molecular complexity index is 795. The topological polar surface area (TPSA) is 33.2 Å². The van der Waals surface area contributed by atoms with Gasteiger partial charge in [0.2, 0.25) is 0 Å². The van der Waals surface area contributed by atoms with Gasteiger partial charge in [-0.2, -0.15) is 13.2 Å². The fourth-order valence-electron chi connectivity index (χ4n) is 2.71. The Morgan fingerprint density at radius 2 is 2.17 bits per heavy atom. The molecule has 0 radical (unpaired) electrons.